The van der Waals surface area contributed by atoms with E-state index in [1.807, 2.05) is 27.7 Å². The second kappa shape index (κ2) is 26.4. The van der Waals surface area contributed by atoms with Crippen LogP contribution in [-0.2, 0) is 11.2 Å². The van der Waals surface area contributed by atoms with E-state index in [9.17, 15) is 4.79 Å². The summed E-state index contributed by atoms with van der Waals surface area (Å²) in [6, 6.07) is 11.1. The minimum Gasteiger partial charge on any atom is -0.477 e. The molecule has 0 aliphatic heterocycles. The average molecular weight is 465 g/mol. The number of allylic oxidation sites excluding steroid dienone is 1. The van der Waals surface area contributed by atoms with Crippen molar-refractivity contribution in [1.82, 2.24) is 0 Å². The van der Waals surface area contributed by atoms with E-state index < -0.39 is 5.97 Å². The third-order valence-electron chi connectivity index (χ3n) is 5.40. The van der Waals surface area contributed by atoms with Crippen LogP contribution in [0.1, 0.15) is 119 Å². The van der Waals surface area contributed by atoms with Gasteiger partial charge in [0.1, 0.15) is 5.70 Å². The number of aliphatic carboxylic acids is 1. The molecule has 2 rings (SSSR count). The van der Waals surface area contributed by atoms with Gasteiger partial charge in [0.15, 0.2) is 0 Å². The Labute approximate surface area is 206 Å². The fourth-order valence-corrected chi connectivity index (χ4v) is 3.21. The average Bonchev–Trinajstić information content (AvgIpc) is 3.04. The molecule has 5 N–H and O–H groups in total. The molecular weight excluding hydrogens is 408 g/mol. The van der Waals surface area contributed by atoms with Crippen LogP contribution in [0.3, 0.4) is 0 Å². The number of benzene rings is 1. The van der Waals surface area contributed by atoms with Crippen LogP contribution in [0.5, 0.6) is 0 Å². The minimum absolute atomic E-state index is 0.00144. The Morgan fingerprint density at radius 2 is 1.52 bits per heavy atom. The van der Waals surface area contributed by atoms with Crippen molar-refractivity contribution in [3.63, 3.8) is 0 Å². The van der Waals surface area contributed by atoms with Crippen LogP contribution < -0.4 is 11.5 Å². The zero-order valence-electron chi connectivity index (χ0n) is 23.1. The maximum absolute atomic E-state index is 10.3. The number of rotatable bonds is 6. The molecule has 0 bridgehead atoms. The fraction of sp³-hybridized carbons (Fsp3) is 0.690. The summed E-state index contributed by atoms with van der Waals surface area (Å²) in [5.74, 6) is -0.244. The molecule has 1 aromatic rings. The number of carboxylic acid groups (broad SMARTS) is 1. The SMILES string of the molecule is CC.CC.CC1CCCCCC1N.CCCC/C(C)=C(/N)C(=O)O.CCCc1ccccc1. The van der Waals surface area contributed by atoms with Gasteiger partial charge in [-0.1, -0.05) is 111 Å². The monoisotopic (exact) mass is 464 g/mol. The molecule has 0 amide bonds. The van der Waals surface area contributed by atoms with Crippen LogP contribution in [0.15, 0.2) is 41.6 Å². The van der Waals surface area contributed by atoms with Gasteiger partial charge in [0.05, 0.1) is 0 Å². The van der Waals surface area contributed by atoms with Gasteiger partial charge in [-0.25, -0.2) is 4.79 Å². The van der Waals surface area contributed by atoms with Gasteiger partial charge in [-0.15, -0.1) is 0 Å². The van der Waals surface area contributed by atoms with Gasteiger partial charge >= 0.3 is 5.97 Å². The summed E-state index contributed by atoms with van der Waals surface area (Å²) in [6.07, 6.45) is 12.0. The first-order valence-corrected chi connectivity index (χ1v) is 13.3. The molecule has 1 fully saturated rings. The van der Waals surface area contributed by atoms with Gasteiger partial charge in [-0.2, -0.15) is 0 Å². The lowest BCUT2D eigenvalue weighted by Crippen LogP contribution is -2.26. The van der Waals surface area contributed by atoms with E-state index in [4.69, 9.17) is 16.6 Å². The fourth-order valence-electron chi connectivity index (χ4n) is 3.21. The lowest BCUT2D eigenvalue weighted by molar-refractivity contribution is -0.132. The van der Waals surface area contributed by atoms with Crippen molar-refractivity contribution < 1.29 is 9.90 Å². The predicted octanol–water partition coefficient (Wildman–Crippen LogP) is 8.10. The maximum atomic E-state index is 10.3. The van der Waals surface area contributed by atoms with Crippen LogP contribution in [0.2, 0.25) is 0 Å². The Bertz CT molecular complexity index is 560. The highest BCUT2D eigenvalue weighted by Crippen LogP contribution is 2.20. The second-order valence-electron chi connectivity index (χ2n) is 8.12. The molecule has 194 valence electrons. The predicted molar refractivity (Wildman–Crippen MR) is 147 cm³/mol. The normalized spacial score (nSPS) is 17.5. The molecule has 1 saturated carbocycles. The van der Waals surface area contributed by atoms with Crippen molar-refractivity contribution in [3.8, 4) is 0 Å². The van der Waals surface area contributed by atoms with Gasteiger partial charge in [-0.05, 0) is 56.1 Å². The first-order chi connectivity index (χ1) is 15.8. The molecule has 2 atom stereocenters. The van der Waals surface area contributed by atoms with Crippen molar-refractivity contribution in [2.24, 2.45) is 17.4 Å². The van der Waals surface area contributed by atoms with E-state index in [0.29, 0.717) is 6.04 Å². The Morgan fingerprint density at radius 3 is 2.00 bits per heavy atom. The molecule has 1 aliphatic carbocycles. The van der Waals surface area contributed by atoms with Crippen molar-refractivity contribution >= 4 is 5.97 Å². The van der Waals surface area contributed by atoms with Gasteiger partial charge in [-0.3, -0.25) is 0 Å². The molecule has 4 heteroatoms. The van der Waals surface area contributed by atoms with Crippen molar-refractivity contribution in [3.05, 3.63) is 47.2 Å². The molecule has 4 nitrogen and oxygen atoms in total. The number of carbonyl (C=O) groups is 1. The minimum atomic E-state index is -1.02. The molecule has 0 heterocycles. The van der Waals surface area contributed by atoms with Gasteiger partial charge < -0.3 is 16.6 Å². The zero-order chi connectivity index (χ0) is 26.1. The summed E-state index contributed by atoms with van der Waals surface area (Å²) in [4.78, 5) is 10.3. The second-order valence-corrected chi connectivity index (χ2v) is 8.12. The largest absolute Gasteiger partial charge is 0.477 e. The highest BCUT2D eigenvalue weighted by molar-refractivity contribution is 5.86. The Hall–Kier alpha value is -1.81. The van der Waals surface area contributed by atoms with E-state index >= 15 is 0 Å². The maximum Gasteiger partial charge on any atom is 0.351 e. The summed E-state index contributed by atoms with van der Waals surface area (Å²) in [6.45, 7) is 16.3. The van der Waals surface area contributed by atoms with E-state index in [1.54, 1.807) is 6.92 Å². The lowest BCUT2D eigenvalue weighted by Gasteiger charge is -2.14. The Balaban J connectivity index is -0.000000381. The quantitative estimate of drug-likeness (QED) is 0.293. The highest BCUT2D eigenvalue weighted by Gasteiger charge is 2.14. The summed E-state index contributed by atoms with van der Waals surface area (Å²) >= 11 is 0. The van der Waals surface area contributed by atoms with Crippen molar-refractivity contribution in [2.45, 2.75) is 126 Å². The first-order valence-electron chi connectivity index (χ1n) is 13.3. The number of hydrogen-bond donors (Lipinski definition) is 3. The number of carboxylic acids is 1. The molecular formula is C29H56N2O2. The molecule has 33 heavy (non-hydrogen) atoms. The summed E-state index contributed by atoms with van der Waals surface area (Å²) in [5.41, 5.74) is 13.4. The van der Waals surface area contributed by atoms with E-state index in [1.165, 1.54) is 50.5 Å². The van der Waals surface area contributed by atoms with Crippen molar-refractivity contribution in [2.75, 3.05) is 0 Å². The van der Waals surface area contributed by atoms with Crippen LogP contribution in [0.4, 0.5) is 0 Å². The number of aryl methyl sites for hydroxylation is 1. The van der Waals surface area contributed by atoms with Gasteiger partial charge in [0, 0.05) is 6.04 Å². The van der Waals surface area contributed by atoms with Crippen molar-refractivity contribution in [1.29, 1.82) is 0 Å². The van der Waals surface area contributed by atoms with Gasteiger partial charge in [0.25, 0.3) is 0 Å². The van der Waals surface area contributed by atoms with Crippen LogP contribution >= 0.6 is 0 Å². The molecule has 0 aromatic heterocycles. The standard InChI is InChI=1S/C9H12.C8H15NO2.C8H17N.2C2H6/c1-2-6-9-7-4-3-5-8-9;1-3-4-5-6(2)7(9)8(10)11;1-7-5-3-2-4-6-8(7)9;2*1-2/h3-5,7-8H,2,6H2,1H3;3-5,9H2,1-2H3,(H,10,11);7-8H,2-6,9H2,1H3;2*1-2H3/b;7-6+;;;. The Morgan fingerprint density at radius 1 is 0.970 bits per heavy atom. The van der Waals surface area contributed by atoms with Crippen LogP contribution in [-0.4, -0.2) is 17.1 Å². The van der Waals surface area contributed by atoms with E-state index in [2.05, 4.69) is 51.1 Å². The number of hydrogen-bond acceptors (Lipinski definition) is 3. The Kier molecular flexibility index (Phi) is 28.7. The molecule has 0 saturated heterocycles. The molecule has 1 aliphatic rings. The third kappa shape index (κ3) is 21.8. The number of unbranched alkanes of at least 4 members (excludes halogenated alkanes) is 1. The lowest BCUT2D eigenvalue weighted by atomic mass is 9.98. The first kappa shape index (κ1) is 35.8. The third-order valence-corrected chi connectivity index (χ3v) is 5.40. The van der Waals surface area contributed by atoms with E-state index in [0.717, 1.165) is 30.8 Å². The highest BCUT2D eigenvalue weighted by atomic mass is 16.4. The molecule has 0 radical (unpaired) electrons. The summed E-state index contributed by atoms with van der Waals surface area (Å²) in [5, 5.41) is 8.47. The number of nitrogens with two attached hydrogens (primary N) is 2. The molecule has 1 aromatic carbocycles. The van der Waals surface area contributed by atoms with Crippen LogP contribution in [0.25, 0.3) is 0 Å². The topological polar surface area (TPSA) is 89.3 Å². The molecule has 0 spiro atoms. The smallest absolute Gasteiger partial charge is 0.351 e. The summed E-state index contributed by atoms with van der Waals surface area (Å²) in [7, 11) is 0. The zero-order valence-corrected chi connectivity index (χ0v) is 23.1. The van der Waals surface area contributed by atoms with Gasteiger partial charge in [0.2, 0.25) is 0 Å². The summed E-state index contributed by atoms with van der Waals surface area (Å²) < 4.78 is 0. The van der Waals surface area contributed by atoms with E-state index in [-0.39, 0.29) is 5.70 Å². The van der Waals surface area contributed by atoms with Crippen LogP contribution in [0, 0.1) is 5.92 Å². The molecule has 2 unspecified atom stereocenters.